The molecule has 8 nitrogen and oxygen atoms in total. The Morgan fingerprint density at radius 3 is 2.48 bits per heavy atom. The Bertz CT molecular complexity index is 991. The highest BCUT2D eigenvalue weighted by molar-refractivity contribution is 7.95. The van der Waals surface area contributed by atoms with Crippen LogP contribution >= 0.6 is 0 Å². The van der Waals surface area contributed by atoms with Crippen molar-refractivity contribution in [3.05, 3.63) is 39.1 Å². The number of nitrogens with one attached hydrogen (secondary N) is 1. The monoisotopic (exact) mass is 417 g/mol. The van der Waals surface area contributed by atoms with Gasteiger partial charge in [-0.2, -0.15) is 5.10 Å². The lowest BCUT2D eigenvalue weighted by Crippen LogP contribution is -2.30. The number of hydrazone groups is 1. The molecule has 4 rings (SSSR count). The van der Waals surface area contributed by atoms with Gasteiger partial charge in [0.25, 0.3) is 0 Å². The van der Waals surface area contributed by atoms with E-state index in [2.05, 4.69) is 27.6 Å². The first-order chi connectivity index (χ1) is 13.9. The third-order valence-electron chi connectivity index (χ3n) is 5.82. The molecular weight excluding hydrogens is 390 g/mol. The number of fused-ring (bicyclic) bond motifs is 2. The first kappa shape index (κ1) is 19.9. The molecule has 1 aromatic carbocycles. The molecule has 2 amide bonds. The Morgan fingerprint density at radius 2 is 1.86 bits per heavy atom. The van der Waals surface area contributed by atoms with Gasteiger partial charge < -0.3 is 10.1 Å². The van der Waals surface area contributed by atoms with Gasteiger partial charge in [-0.3, -0.25) is 0 Å². The predicted octanol–water partition coefficient (Wildman–Crippen LogP) is 3.06. The highest BCUT2D eigenvalue weighted by Gasteiger charge is 2.26. The van der Waals surface area contributed by atoms with Gasteiger partial charge in [0, 0.05) is 25.4 Å². The molecule has 1 unspecified atom stereocenters. The summed E-state index contributed by atoms with van der Waals surface area (Å²) < 4.78 is 22.4. The predicted molar refractivity (Wildman–Crippen MR) is 114 cm³/mol. The van der Waals surface area contributed by atoms with Crippen LogP contribution in [0.3, 0.4) is 0 Å². The summed E-state index contributed by atoms with van der Waals surface area (Å²) in [7, 11) is -3.46. The molecule has 0 bridgehead atoms. The molecule has 156 valence electrons. The Hall–Kier alpha value is -2.39. The summed E-state index contributed by atoms with van der Waals surface area (Å²) in [4.78, 5) is 12.9. The van der Waals surface area contributed by atoms with Crippen LogP contribution < -0.4 is 10.5 Å². The quantitative estimate of drug-likeness (QED) is 0.737. The lowest BCUT2D eigenvalue weighted by atomic mass is 9.99. The highest BCUT2D eigenvalue weighted by Crippen LogP contribution is 2.38. The van der Waals surface area contributed by atoms with Crippen molar-refractivity contribution in [3.8, 4) is 0 Å². The first-order valence-corrected chi connectivity index (χ1v) is 11.6. The number of benzene rings is 1. The van der Waals surface area contributed by atoms with Gasteiger partial charge in [0.2, 0.25) is 5.88 Å². The number of carbonyl (C=O) groups excluding carboxylic acids is 1. The van der Waals surface area contributed by atoms with Crippen molar-refractivity contribution >= 4 is 28.4 Å². The molecule has 0 saturated carbocycles. The molecule has 3 aliphatic rings. The lowest BCUT2D eigenvalue weighted by molar-refractivity contribution is 0.0656. The molecule has 1 heterocycles. The van der Waals surface area contributed by atoms with E-state index in [0.29, 0.717) is 13.2 Å². The third kappa shape index (κ3) is 3.76. The smallest absolute Gasteiger partial charge is 0.354 e. The molecule has 2 aliphatic carbocycles. The summed E-state index contributed by atoms with van der Waals surface area (Å²) in [6, 6.07) is 1.59. The second kappa shape index (κ2) is 7.79. The summed E-state index contributed by atoms with van der Waals surface area (Å²) in [5.74, 6) is 0.261. The van der Waals surface area contributed by atoms with Crippen LogP contribution in [0.5, 0.6) is 0 Å². The molecule has 0 radical (unpaired) electrons. The maximum absolute atomic E-state index is 13.0. The largest absolute Gasteiger partial charge is 0.477 e. The summed E-state index contributed by atoms with van der Waals surface area (Å²) in [5.41, 5.74) is 5.83. The van der Waals surface area contributed by atoms with Crippen LogP contribution in [-0.2, 0) is 40.3 Å². The molecule has 9 heteroatoms. The Balaban J connectivity index is 1.65. The zero-order chi connectivity index (χ0) is 20.6. The number of aryl methyl sites for hydroxylation is 2. The van der Waals surface area contributed by atoms with E-state index in [0.717, 1.165) is 50.6 Å². The van der Waals surface area contributed by atoms with Gasteiger partial charge >= 0.3 is 6.03 Å². The van der Waals surface area contributed by atoms with Gasteiger partial charge in [-0.1, -0.05) is 6.07 Å². The van der Waals surface area contributed by atoms with Crippen LogP contribution in [0, 0.1) is 0 Å². The minimum atomic E-state index is -3.46. The number of allylic oxidation sites excluding steroid dienone is 1. The SMILES string of the molecule is C=NN1CCCO/C1=C(/C)S(N)(=O)=NC(=O)Nc1c2c(cc3c1CCC3)CCC2. The van der Waals surface area contributed by atoms with Gasteiger partial charge in [-0.15, -0.1) is 4.36 Å². The Labute approximate surface area is 171 Å². The molecule has 1 aromatic rings. The molecule has 29 heavy (non-hydrogen) atoms. The van der Waals surface area contributed by atoms with Crippen LogP contribution in [0.1, 0.15) is 48.4 Å². The average molecular weight is 418 g/mol. The summed E-state index contributed by atoms with van der Waals surface area (Å²) >= 11 is 0. The van der Waals surface area contributed by atoms with Crippen LogP contribution in [0.15, 0.2) is 26.3 Å². The summed E-state index contributed by atoms with van der Waals surface area (Å²) in [6.45, 7) is 6.10. The number of hydrogen-bond donors (Lipinski definition) is 2. The van der Waals surface area contributed by atoms with Gasteiger partial charge in [0.15, 0.2) is 0 Å². The number of ether oxygens (including phenoxy) is 1. The Morgan fingerprint density at radius 1 is 1.21 bits per heavy atom. The van der Waals surface area contributed by atoms with Crippen LogP contribution in [0.25, 0.3) is 0 Å². The fourth-order valence-corrected chi connectivity index (χ4v) is 5.23. The number of hydrogen-bond acceptors (Lipinski definition) is 5. The minimum Gasteiger partial charge on any atom is -0.477 e. The molecule has 0 aromatic heterocycles. The second-order valence-corrected chi connectivity index (χ2v) is 9.58. The van der Waals surface area contributed by atoms with Crippen molar-refractivity contribution in [1.29, 1.82) is 0 Å². The highest BCUT2D eigenvalue weighted by atomic mass is 32.2. The fourth-order valence-electron chi connectivity index (χ4n) is 4.39. The van der Waals surface area contributed by atoms with Crippen molar-refractivity contribution < 1.29 is 13.7 Å². The number of nitrogens with two attached hydrogens (primary N) is 1. The normalized spacial score (nSPS) is 21.5. The van der Waals surface area contributed by atoms with Gasteiger partial charge in [0.05, 0.1) is 11.5 Å². The number of amides is 2. The summed E-state index contributed by atoms with van der Waals surface area (Å²) in [6.07, 6.45) is 6.87. The number of carbonyl (C=O) groups is 1. The fraction of sp³-hybridized carbons (Fsp3) is 0.500. The van der Waals surface area contributed by atoms with E-state index in [1.165, 1.54) is 27.3 Å². The van der Waals surface area contributed by atoms with Crippen LogP contribution in [0.4, 0.5) is 10.5 Å². The van der Waals surface area contributed by atoms with Crippen molar-refractivity contribution in [2.45, 2.75) is 51.9 Å². The van der Waals surface area contributed by atoms with E-state index in [1.54, 1.807) is 6.92 Å². The second-order valence-electron chi connectivity index (χ2n) is 7.65. The molecule has 3 N–H and O–H groups in total. The number of anilines is 1. The van der Waals surface area contributed by atoms with E-state index in [-0.39, 0.29) is 10.8 Å². The topological polar surface area (TPSA) is 109 Å². The lowest BCUT2D eigenvalue weighted by Gasteiger charge is -2.28. The van der Waals surface area contributed by atoms with Crippen LogP contribution in [-0.4, -0.2) is 35.1 Å². The third-order valence-corrected chi connectivity index (χ3v) is 7.31. The van der Waals surface area contributed by atoms with Crippen molar-refractivity contribution in [3.63, 3.8) is 0 Å². The summed E-state index contributed by atoms with van der Waals surface area (Å²) in [5, 5.41) is 14.2. The van der Waals surface area contributed by atoms with E-state index in [1.807, 2.05) is 0 Å². The van der Waals surface area contributed by atoms with Crippen LogP contribution in [0.2, 0.25) is 0 Å². The molecule has 1 aliphatic heterocycles. The zero-order valence-electron chi connectivity index (χ0n) is 16.7. The van der Waals surface area contributed by atoms with Gasteiger partial charge in [0.1, 0.15) is 9.92 Å². The van der Waals surface area contributed by atoms with Crippen molar-refractivity contribution in [2.75, 3.05) is 18.5 Å². The van der Waals surface area contributed by atoms with E-state index in [4.69, 9.17) is 9.88 Å². The van der Waals surface area contributed by atoms with E-state index >= 15 is 0 Å². The van der Waals surface area contributed by atoms with Gasteiger partial charge in [-0.05, 0) is 67.7 Å². The Kier molecular flexibility index (Phi) is 5.35. The number of nitrogens with zero attached hydrogens (tertiary/aromatic N) is 3. The zero-order valence-corrected chi connectivity index (χ0v) is 17.5. The number of urea groups is 1. The van der Waals surface area contributed by atoms with Crippen molar-refractivity contribution in [2.24, 2.45) is 14.6 Å². The molecule has 0 spiro atoms. The number of rotatable bonds is 3. The minimum absolute atomic E-state index is 0.184. The maximum Gasteiger partial charge on any atom is 0.354 e. The van der Waals surface area contributed by atoms with E-state index < -0.39 is 15.9 Å². The first-order valence-electron chi connectivity index (χ1n) is 10.0. The maximum atomic E-state index is 13.0. The van der Waals surface area contributed by atoms with Gasteiger partial charge in [-0.25, -0.2) is 19.2 Å². The average Bonchev–Trinajstić information content (AvgIpc) is 3.36. The molecular formula is C20H27N5O3S. The molecule has 1 saturated heterocycles. The molecule has 1 atom stereocenters. The molecule has 1 fully saturated rings. The standard InChI is InChI=1S/C20H27N5O3S/c1-13(19-25(22-2)10-5-11-28-19)29(21,27)24-20(26)23-18-16-8-3-6-14(16)12-15-7-4-9-17(15)18/h12H,2-11H2,1H3,(H3,21,23,24,26,27)/b19-13-. The van der Waals surface area contributed by atoms with Crippen molar-refractivity contribution in [1.82, 2.24) is 5.01 Å². The van der Waals surface area contributed by atoms with E-state index in [9.17, 15) is 9.00 Å².